The van der Waals surface area contributed by atoms with E-state index >= 15 is 0 Å². The predicted octanol–water partition coefficient (Wildman–Crippen LogP) is 3.27. The molecule has 3 aromatic heterocycles. The van der Waals surface area contributed by atoms with Crippen LogP contribution in [0.2, 0.25) is 0 Å². The van der Waals surface area contributed by atoms with Crippen molar-refractivity contribution in [3.63, 3.8) is 0 Å². The molecule has 0 radical (unpaired) electrons. The summed E-state index contributed by atoms with van der Waals surface area (Å²) in [4.78, 5) is 20.8. The van der Waals surface area contributed by atoms with Crippen LogP contribution in [0.25, 0.3) is 5.65 Å². The fourth-order valence-electron chi connectivity index (χ4n) is 3.42. The number of carbonyl (C=O) groups is 1. The lowest BCUT2D eigenvalue weighted by Gasteiger charge is -2.26. The highest BCUT2D eigenvalue weighted by molar-refractivity contribution is 7.10. The van der Waals surface area contributed by atoms with Gasteiger partial charge < -0.3 is 9.72 Å². The summed E-state index contributed by atoms with van der Waals surface area (Å²) in [5.41, 5.74) is 2.41. The number of rotatable bonds is 5. The summed E-state index contributed by atoms with van der Waals surface area (Å²) in [7, 11) is 0. The number of amides is 1. The Kier molecular flexibility index (Phi) is 4.55. The minimum absolute atomic E-state index is 0.109. The summed E-state index contributed by atoms with van der Waals surface area (Å²) < 4.78 is 1.89. The predicted molar refractivity (Wildman–Crippen MR) is 100 cm³/mol. The van der Waals surface area contributed by atoms with Gasteiger partial charge in [0.15, 0.2) is 0 Å². The third kappa shape index (κ3) is 3.45. The number of hydrogen-bond acceptors (Lipinski definition) is 4. The van der Waals surface area contributed by atoms with E-state index in [0.29, 0.717) is 12.2 Å². The van der Waals surface area contributed by atoms with Crippen molar-refractivity contribution < 1.29 is 4.79 Å². The molecule has 3 aromatic rings. The van der Waals surface area contributed by atoms with E-state index < -0.39 is 0 Å². The second kappa shape index (κ2) is 6.98. The number of aromatic nitrogens is 2. The van der Waals surface area contributed by atoms with Crippen LogP contribution in [-0.2, 0) is 0 Å². The quantitative estimate of drug-likeness (QED) is 0.765. The van der Waals surface area contributed by atoms with E-state index in [-0.39, 0.29) is 11.9 Å². The number of thiophene rings is 1. The maximum atomic E-state index is 12.6. The molecule has 5 nitrogen and oxygen atoms in total. The normalized spacial score (nSPS) is 16.4. The van der Waals surface area contributed by atoms with Gasteiger partial charge in [0.1, 0.15) is 11.3 Å². The lowest BCUT2D eigenvalue weighted by atomic mass is 10.2. The van der Waals surface area contributed by atoms with E-state index in [0.717, 1.165) is 24.3 Å². The second-order valence-electron chi connectivity index (χ2n) is 6.58. The smallest absolute Gasteiger partial charge is 0.271 e. The van der Waals surface area contributed by atoms with E-state index in [1.54, 1.807) is 17.5 Å². The molecule has 4 rings (SSSR count). The van der Waals surface area contributed by atoms with Gasteiger partial charge in [-0.2, -0.15) is 0 Å². The molecular formula is C19H22N4OS. The van der Waals surface area contributed by atoms with Gasteiger partial charge in [0.05, 0.1) is 6.04 Å². The topological polar surface area (TPSA) is 49.6 Å². The van der Waals surface area contributed by atoms with E-state index in [4.69, 9.17) is 0 Å². The van der Waals surface area contributed by atoms with E-state index in [9.17, 15) is 4.79 Å². The number of imidazole rings is 1. The van der Waals surface area contributed by atoms with Crippen LogP contribution in [0.1, 0.15) is 39.8 Å². The Morgan fingerprint density at radius 1 is 1.36 bits per heavy atom. The molecule has 6 heteroatoms. The van der Waals surface area contributed by atoms with Gasteiger partial charge >= 0.3 is 0 Å². The first kappa shape index (κ1) is 16.3. The van der Waals surface area contributed by atoms with Gasteiger partial charge in [-0.15, -0.1) is 11.3 Å². The second-order valence-corrected chi connectivity index (χ2v) is 7.56. The molecule has 0 aromatic carbocycles. The van der Waals surface area contributed by atoms with Crippen molar-refractivity contribution in [1.82, 2.24) is 19.6 Å². The maximum absolute atomic E-state index is 12.6. The number of carbonyl (C=O) groups excluding carboxylic acids is 1. The third-order valence-electron chi connectivity index (χ3n) is 4.76. The van der Waals surface area contributed by atoms with Crippen LogP contribution in [-0.4, -0.2) is 39.8 Å². The van der Waals surface area contributed by atoms with E-state index in [1.807, 2.05) is 29.7 Å². The van der Waals surface area contributed by atoms with Crippen molar-refractivity contribution in [3.8, 4) is 0 Å². The minimum Gasteiger partial charge on any atom is -0.349 e. The summed E-state index contributed by atoms with van der Waals surface area (Å²) in [6.07, 6.45) is 6.20. The lowest BCUT2D eigenvalue weighted by molar-refractivity contribution is 0.0934. The van der Waals surface area contributed by atoms with E-state index in [2.05, 4.69) is 32.7 Å². The van der Waals surface area contributed by atoms with Gasteiger partial charge in [-0.05, 0) is 62.0 Å². The highest BCUT2D eigenvalue weighted by Gasteiger charge is 2.25. The number of nitrogens with zero attached hydrogens (tertiary/aromatic N) is 3. The number of nitrogens with one attached hydrogen (secondary N) is 1. The fourth-order valence-corrected chi connectivity index (χ4v) is 4.28. The molecule has 1 N–H and O–H groups in total. The fraction of sp³-hybridized carbons (Fsp3) is 0.368. The Labute approximate surface area is 151 Å². The Hall–Kier alpha value is -2.18. The molecule has 1 fully saturated rings. The lowest BCUT2D eigenvalue weighted by Crippen LogP contribution is -2.36. The van der Waals surface area contributed by atoms with Gasteiger partial charge in [0.2, 0.25) is 0 Å². The van der Waals surface area contributed by atoms with Gasteiger partial charge in [-0.1, -0.05) is 6.07 Å². The summed E-state index contributed by atoms with van der Waals surface area (Å²) in [6.45, 7) is 4.85. The molecule has 0 unspecified atom stereocenters. The van der Waals surface area contributed by atoms with Gasteiger partial charge in [0, 0.05) is 23.8 Å². The number of pyridine rings is 1. The SMILES string of the molecule is Cc1ccn2cc(C(=O)NC[C@H](c3cccs3)N3CCCC3)nc2c1. The summed E-state index contributed by atoms with van der Waals surface area (Å²) in [6, 6.07) is 8.49. The molecule has 0 saturated carbocycles. The first-order valence-electron chi connectivity index (χ1n) is 8.72. The van der Waals surface area contributed by atoms with Crippen LogP contribution in [0, 0.1) is 6.92 Å². The van der Waals surface area contributed by atoms with Crippen LogP contribution < -0.4 is 5.32 Å². The van der Waals surface area contributed by atoms with Crippen molar-refractivity contribution in [1.29, 1.82) is 0 Å². The molecule has 1 amide bonds. The van der Waals surface area contributed by atoms with Crippen molar-refractivity contribution in [3.05, 3.63) is 58.2 Å². The van der Waals surface area contributed by atoms with Crippen LogP contribution in [0.4, 0.5) is 0 Å². The molecule has 1 saturated heterocycles. The first-order chi connectivity index (χ1) is 12.2. The summed E-state index contributed by atoms with van der Waals surface area (Å²) in [5, 5.41) is 5.19. The average molecular weight is 354 g/mol. The monoisotopic (exact) mass is 354 g/mol. The third-order valence-corrected chi connectivity index (χ3v) is 5.73. The van der Waals surface area contributed by atoms with Crippen LogP contribution in [0.3, 0.4) is 0 Å². The average Bonchev–Trinajstić information content (AvgIpc) is 3.36. The van der Waals surface area contributed by atoms with Crippen molar-refractivity contribution in [2.45, 2.75) is 25.8 Å². The molecule has 130 valence electrons. The largest absolute Gasteiger partial charge is 0.349 e. The molecule has 1 aliphatic rings. The molecule has 4 heterocycles. The van der Waals surface area contributed by atoms with Gasteiger partial charge in [-0.25, -0.2) is 4.98 Å². The highest BCUT2D eigenvalue weighted by atomic mass is 32.1. The summed E-state index contributed by atoms with van der Waals surface area (Å²) >= 11 is 1.76. The van der Waals surface area contributed by atoms with Crippen molar-refractivity contribution in [2.75, 3.05) is 19.6 Å². The van der Waals surface area contributed by atoms with Crippen LogP contribution >= 0.6 is 11.3 Å². The Morgan fingerprint density at radius 3 is 2.96 bits per heavy atom. The molecule has 1 aliphatic heterocycles. The van der Waals surface area contributed by atoms with Gasteiger partial charge in [-0.3, -0.25) is 9.69 Å². The van der Waals surface area contributed by atoms with Gasteiger partial charge in [0.25, 0.3) is 5.91 Å². The van der Waals surface area contributed by atoms with Crippen molar-refractivity contribution in [2.24, 2.45) is 0 Å². The molecule has 0 spiro atoms. The van der Waals surface area contributed by atoms with Crippen LogP contribution in [0.5, 0.6) is 0 Å². The number of aryl methyl sites for hydroxylation is 1. The zero-order valence-electron chi connectivity index (χ0n) is 14.3. The first-order valence-corrected chi connectivity index (χ1v) is 9.60. The van der Waals surface area contributed by atoms with E-state index in [1.165, 1.54) is 17.7 Å². The molecular weight excluding hydrogens is 332 g/mol. The molecule has 25 heavy (non-hydrogen) atoms. The molecule has 0 aliphatic carbocycles. The maximum Gasteiger partial charge on any atom is 0.271 e. The number of fused-ring (bicyclic) bond motifs is 1. The standard InChI is InChI=1S/C19H22N4OS/c1-14-6-9-23-13-15(21-18(23)11-14)19(24)20-12-16(17-5-4-10-25-17)22-7-2-3-8-22/h4-6,9-11,13,16H,2-3,7-8,12H2,1H3,(H,20,24)/t16-/m1/s1. The van der Waals surface area contributed by atoms with Crippen molar-refractivity contribution >= 4 is 22.9 Å². The highest BCUT2D eigenvalue weighted by Crippen LogP contribution is 2.27. The number of hydrogen-bond donors (Lipinski definition) is 1. The zero-order chi connectivity index (χ0) is 17.2. The molecule has 0 bridgehead atoms. The Bertz CT molecular complexity index is 865. The zero-order valence-corrected chi connectivity index (χ0v) is 15.1. The molecule has 1 atom stereocenters. The number of likely N-dealkylation sites (tertiary alicyclic amines) is 1. The van der Waals surface area contributed by atoms with Crippen LogP contribution in [0.15, 0.2) is 42.0 Å². The minimum atomic E-state index is -0.109. The Morgan fingerprint density at radius 2 is 2.20 bits per heavy atom. The summed E-state index contributed by atoms with van der Waals surface area (Å²) in [5.74, 6) is -0.109. The Balaban J connectivity index is 1.48.